The van der Waals surface area contributed by atoms with Crippen LogP contribution in [0.1, 0.15) is 31.1 Å². The number of halogens is 2. The molecule has 2 rings (SSSR count). The monoisotopic (exact) mass is 439 g/mol. The van der Waals surface area contributed by atoms with Gasteiger partial charge in [-0.15, -0.1) is 11.8 Å². The van der Waals surface area contributed by atoms with E-state index >= 15 is 0 Å². The van der Waals surface area contributed by atoms with Crippen LogP contribution >= 0.6 is 35.0 Å². The van der Waals surface area contributed by atoms with E-state index in [-0.39, 0.29) is 10.8 Å². The minimum absolute atomic E-state index is 0.245. The molecule has 2 N–H and O–H groups in total. The van der Waals surface area contributed by atoms with Crippen LogP contribution in [0.3, 0.4) is 0 Å². The van der Waals surface area contributed by atoms with Gasteiger partial charge in [0, 0.05) is 29.4 Å². The molecule has 0 aliphatic carbocycles. The van der Waals surface area contributed by atoms with Gasteiger partial charge in [-0.1, -0.05) is 37.0 Å². The van der Waals surface area contributed by atoms with Gasteiger partial charge in [0.25, 0.3) is 0 Å². The van der Waals surface area contributed by atoms with Gasteiger partial charge < -0.3 is 15.3 Å². The molecule has 150 valence electrons. The Morgan fingerprint density at radius 1 is 1.29 bits per heavy atom. The van der Waals surface area contributed by atoms with Gasteiger partial charge >= 0.3 is 5.97 Å². The van der Waals surface area contributed by atoms with Gasteiger partial charge in [0.2, 0.25) is 0 Å². The quantitative estimate of drug-likeness (QED) is 0.277. The summed E-state index contributed by atoms with van der Waals surface area (Å²) in [6, 6.07) is 8.57. The van der Waals surface area contributed by atoms with Crippen molar-refractivity contribution in [1.82, 2.24) is 4.90 Å². The van der Waals surface area contributed by atoms with Gasteiger partial charge in [-0.25, -0.2) is 9.79 Å². The lowest BCUT2D eigenvalue weighted by Gasteiger charge is -2.14. The molecule has 0 fully saturated rings. The Labute approximate surface area is 179 Å². The maximum Gasteiger partial charge on any atom is 0.336 e. The third-order valence-electron chi connectivity index (χ3n) is 3.78. The average Bonchev–Trinajstić information content (AvgIpc) is 2.63. The molecule has 0 saturated heterocycles. The summed E-state index contributed by atoms with van der Waals surface area (Å²) in [5.41, 5.74) is 2.00. The number of aromatic carboxylic acids is 1. The standard InChI is InChI=1S/C20H23Cl2N3O2S/c1-5-25(4)11-23-17-9-16(22)18(10-15(17)21)24-13-6-7-19(28-12(2)3)14(8-13)20(26)27/h6-12,24H,5H2,1-4H3,(H,26,27). The summed E-state index contributed by atoms with van der Waals surface area (Å²) in [6.07, 6.45) is 1.69. The van der Waals surface area contributed by atoms with Crippen molar-refractivity contribution in [2.24, 2.45) is 4.99 Å². The van der Waals surface area contributed by atoms with Crippen molar-refractivity contribution >= 4 is 64.3 Å². The molecule has 0 amide bonds. The van der Waals surface area contributed by atoms with Crippen LogP contribution < -0.4 is 5.32 Å². The number of nitrogens with one attached hydrogen (secondary N) is 1. The van der Waals surface area contributed by atoms with Crippen LogP contribution in [0.5, 0.6) is 0 Å². The highest BCUT2D eigenvalue weighted by Crippen LogP contribution is 2.37. The SMILES string of the molecule is CCN(C)C=Nc1cc(Cl)c(Nc2ccc(SC(C)C)c(C(=O)O)c2)cc1Cl. The molecular weight excluding hydrogens is 417 g/mol. The van der Waals surface area contributed by atoms with Crippen molar-refractivity contribution in [2.75, 3.05) is 18.9 Å². The fourth-order valence-electron chi connectivity index (χ4n) is 2.26. The molecule has 5 nitrogen and oxygen atoms in total. The van der Waals surface area contributed by atoms with Crippen LogP contribution in [0, 0.1) is 0 Å². The number of carbonyl (C=O) groups is 1. The first-order valence-corrected chi connectivity index (χ1v) is 10.4. The number of hydrogen-bond donors (Lipinski definition) is 2. The van der Waals surface area contributed by atoms with Crippen LogP contribution in [0.4, 0.5) is 17.1 Å². The second-order valence-corrected chi connectivity index (χ2v) is 8.84. The number of nitrogens with zero attached hydrogens (tertiary/aromatic N) is 2. The Balaban J connectivity index is 2.30. The van der Waals surface area contributed by atoms with Gasteiger partial charge in [-0.2, -0.15) is 0 Å². The topological polar surface area (TPSA) is 64.9 Å². The molecule has 2 aromatic carbocycles. The minimum atomic E-state index is -0.972. The number of hydrogen-bond acceptors (Lipinski definition) is 4. The third-order valence-corrected chi connectivity index (χ3v) is 5.48. The molecule has 0 aliphatic heterocycles. The summed E-state index contributed by atoms with van der Waals surface area (Å²) in [5, 5.41) is 13.8. The Morgan fingerprint density at radius 3 is 2.61 bits per heavy atom. The van der Waals surface area contributed by atoms with E-state index in [1.165, 1.54) is 11.8 Å². The number of benzene rings is 2. The van der Waals surface area contributed by atoms with Gasteiger partial charge in [0.1, 0.15) is 0 Å². The van der Waals surface area contributed by atoms with Gasteiger partial charge in [0.15, 0.2) is 0 Å². The van der Waals surface area contributed by atoms with Crippen LogP contribution in [-0.4, -0.2) is 41.2 Å². The zero-order valence-electron chi connectivity index (χ0n) is 16.2. The second-order valence-electron chi connectivity index (χ2n) is 6.41. The highest BCUT2D eigenvalue weighted by atomic mass is 35.5. The summed E-state index contributed by atoms with van der Waals surface area (Å²) >= 11 is 14.2. The van der Waals surface area contributed by atoms with Crippen molar-refractivity contribution in [3.05, 3.63) is 45.9 Å². The zero-order chi connectivity index (χ0) is 20.8. The van der Waals surface area contributed by atoms with E-state index in [0.717, 1.165) is 11.4 Å². The van der Waals surface area contributed by atoms with E-state index in [4.69, 9.17) is 23.2 Å². The number of carboxylic acids is 1. The summed E-state index contributed by atoms with van der Waals surface area (Å²) in [4.78, 5) is 18.6. The van der Waals surface area contributed by atoms with Crippen LogP contribution in [0.25, 0.3) is 0 Å². The van der Waals surface area contributed by atoms with E-state index in [1.807, 2.05) is 38.8 Å². The van der Waals surface area contributed by atoms with Gasteiger partial charge in [0.05, 0.1) is 33.3 Å². The summed E-state index contributed by atoms with van der Waals surface area (Å²) in [7, 11) is 1.91. The number of carboxylic acid groups (broad SMARTS) is 1. The summed E-state index contributed by atoms with van der Waals surface area (Å²) in [5.74, 6) is -0.972. The first-order chi connectivity index (χ1) is 13.2. The van der Waals surface area contributed by atoms with Crippen molar-refractivity contribution in [1.29, 1.82) is 0 Å². The fraction of sp³-hybridized carbons (Fsp3) is 0.300. The largest absolute Gasteiger partial charge is 0.478 e. The smallest absolute Gasteiger partial charge is 0.336 e. The molecule has 0 aromatic heterocycles. The molecule has 8 heteroatoms. The number of rotatable bonds is 8. The van der Waals surface area contributed by atoms with Crippen LogP contribution in [0.15, 0.2) is 40.2 Å². The van der Waals surface area contributed by atoms with Crippen molar-refractivity contribution in [3.63, 3.8) is 0 Å². The van der Waals surface area contributed by atoms with E-state index in [1.54, 1.807) is 30.6 Å². The first kappa shape index (κ1) is 22.4. The normalized spacial score (nSPS) is 11.2. The third kappa shape index (κ3) is 6.06. The Kier molecular flexibility index (Phi) is 8.04. The molecule has 0 aliphatic rings. The van der Waals surface area contributed by atoms with Crippen molar-refractivity contribution in [3.8, 4) is 0 Å². The first-order valence-electron chi connectivity index (χ1n) is 8.75. The maximum atomic E-state index is 11.6. The van der Waals surface area contributed by atoms with E-state index in [2.05, 4.69) is 10.3 Å². The van der Waals surface area contributed by atoms with Gasteiger partial charge in [-0.3, -0.25) is 0 Å². The Hall–Kier alpha value is -1.89. The van der Waals surface area contributed by atoms with Crippen LogP contribution in [0.2, 0.25) is 10.0 Å². The molecule has 0 saturated carbocycles. The van der Waals surface area contributed by atoms with Gasteiger partial charge in [-0.05, 0) is 37.3 Å². The molecule has 0 unspecified atom stereocenters. The molecule has 2 aromatic rings. The number of thioether (sulfide) groups is 1. The lowest BCUT2D eigenvalue weighted by Crippen LogP contribution is -2.14. The second kappa shape index (κ2) is 10.0. The molecule has 0 bridgehead atoms. The fourth-order valence-corrected chi connectivity index (χ4v) is 3.61. The molecule has 0 radical (unpaired) electrons. The highest BCUT2D eigenvalue weighted by Gasteiger charge is 2.14. The predicted molar refractivity (Wildman–Crippen MR) is 121 cm³/mol. The highest BCUT2D eigenvalue weighted by molar-refractivity contribution is 8.00. The summed E-state index contributed by atoms with van der Waals surface area (Å²) < 4.78 is 0. The molecule has 0 heterocycles. The zero-order valence-corrected chi connectivity index (χ0v) is 18.5. The molecule has 0 atom stereocenters. The Morgan fingerprint density at radius 2 is 2.00 bits per heavy atom. The Bertz CT molecular complexity index is 888. The predicted octanol–water partition coefficient (Wildman–Crippen LogP) is 6.55. The molecule has 0 spiro atoms. The van der Waals surface area contributed by atoms with Crippen molar-refractivity contribution < 1.29 is 9.90 Å². The van der Waals surface area contributed by atoms with Crippen molar-refractivity contribution in [2.45, 2.75) is 30.9 Å². The lowest BCUT2D eigenvalue weighted by atomic mass is 10.2. The molecule has 28 heavy (non-hydrogen) atoms. The van der Waals surface area contributed by atoms with E-state index < -0.39 is 5.97 Å². The summed E-state index contributed by atoms with van der Waals surface area (Å²) in [6.45, 7) is 6.88. The molecular formula is C20H23Cl2N3O2S. The maximum absolute atomic E-state index is 11.6. The average molecular weight is 440 g/mol. The van der Waals surface area contributed by atoms with E-state index in [9.17, 15) is 9.90 Å². The number of aliphatic imine (C=N–C) groups is 1. The minimum Gasteiger partial charge on any atom is -0.478 e. The van der Waals surface area contributed by atoms with E-state index in [0.29, 0.717) is 27.1 Å². The lowest BCUT2D eigenvalue weighted by molar-refractivity contribution is 0.0693. The van der Waals surface area contributed by atoms with Crippen LogP contribution in [-0.2, 0) is 0 Å². The number of anilines is 2.